The van der Waals surface area contributed by atoms with Gasteiger partial charge in [0.2, 0.25) is 5.91 Å². The van der Waals surface area contributed by atoms with Gasteiger partial charge in [0.1, 0.15) is 0 Å². The van der Waals surface area contributed by atoms with E-state index in [1.807, 2.05) is 18.3 Å². The van der Waals surface area contributed by atoms with E-state index in [1.165, 1.54) is 29.3 Å². The summed E-state index contributed by atoms with van der Waals surface area (Å²) in [5.41, 5.74) is 4.54. The fourth-order valence-corrected chi connectivity index (χ4v) is 5.54. The summed E-state index contributed by atoms with van der Waals surface area (Å²) in [6.45, 7) is 7.38. The van der Waals surface area contributed by atoms with Crippen LogP contribution in [-0.4, -0.2) is 48.9 Å². The number of benzene rings is 1. The number of hydrogen-bond acceptors (Lipinski definition) is 5. The number of piperidine rings is 1. The van der Waals surface area contributed by atoms with Crippen LogP contribution in [-0.2, 0) is 17.6 Å². The molecule has 0 N–H and O–H groups in total. The molecule has 6 nitrogen and oxygen atoms in total. The highest BCUT2D eigenvalue weighted by Crippen LogP contribution is 2.32. The van der Waals surface area contributed by atoms with Crippen LogP contribution in [0.15, 0.2) is 47.9 Å². The van der Waals surface area contributed by atoms with Crippen LogP contribution in [0.4, 0.5) is 0 Å². The molecule has 1 atom stereocenters. The predicted octanol–water partition coefficient (Wildman–Crippen LogP) is 5.34. The van der Waals surface area contributed by atoms with Crippen LogP contribution in [0.2, 0.25) is 0 Å². The van der Waals surface area contributed by atoms with Gasteiger partial charge in [0.25, 0.3) is 0 Å². The van der Waals surface area contributed by atoms with E-state index in [2.05, 4.69) is 63.6 Å². The van der Waals surface area contributed by atoms with Crippen molar-refractivity contribution in [2.24, 2.45) is 0 Å². The van der Waals surface area contributed by atoms with Crippen molar-refractivity contribution in [3.05, 3.63) is 53.9 Å². The standard InChI is InChI=1S/C26H33N5OS/c1-4-19-11-9-12-20(5-2)24(19)31-25(21-13-10-15-27-17-21)28-29-26(31)33-18-23(32)30-16-8-7-14-22(30)6-3/h9-13,15,17,22H,4-8,14,16,18H2,1-3H3. The Hall–Kier alpha value is -2.67. The van der Waals surface area contributed by atoms with Crippen LogP contribution >= 0.6 is 11.8 Å². The van der Waals surface area contributed by atoms with Crippen molar-refractivity contribution in [3.63, 3.8) is 0 Å². The monoisotopic (exact) mass is 463 g/mol. The van der Waals surface area contributed by atoms with Gasteiger partial charge in [-0.05, 0) is 61.8 Å². The Morgan fingerprint density at radius 1 is 1.06 bits per heavy atom. The molecule has 1 amide bonds. The van der Waals surface area contributed by atoms with Crippen molar-refractivity contribution in [1.82, 2.24) is 24.6 Å². The van der Waals surface area contributed by atoms with Gasteiger partial charge in [0, 0.05) is 30.5 Å². The minimum absolute atomic E-state index is 0.198. The number of thioether (sulfide) groups is 1. The molecule has 0 spiro atoms. The molecule has 1 aliphatic heterocycles. The maximum Gasteiger partial charge on any atom is 0.233 e. The van der Waals surface area contributed by atoms with Gasteiger partial charge >= 0.3 is 0 Å². The molecule has 33 heavy (non-hydrogen) atoms. The molecule has 174 valence electrons. The number of nitrogens with zero attached hydrogens (tertiary/aromatic N) is 5. The summed E-state index contributed by atoms with van der Waals surface area (Å²) in [6.07, 6.45) is 9.83. The second-order valence-corrected chi connectivity index (χ2v) is 9.39. The lowest BCUT2D eigenvalue weighted by Gasteiger charge is -2.35. The number of pyridine rings is 1. The highest BCUT2D eigenvalue weighted by Gasteiger charge is 2.27. The smallest absolute Gasteiger partial charge is 0.233 e. The largest absolute Gasteiger partial charge is 0.339 e. The van der Waals surface area contributed by atoms with Crippen LogP contribution in [0.1, 0.15) is 57.6 Å². The molecular formula is C26H33N5OS. The molecular weight excluding hydrogens is 430 g/mol. The van der Waals surface area contributed by atoms with Gasteiger partial charge in [-0.1, -0.05) is 50.7 Å². The molecule has 2 aromatic heterocycles. The van der Waals surface area contributed by atoms with Crippen LogP contribution in [0.25, 0.3) is 17.1 Å². The van der Waals surface area contributed by atoms with Crippen LogP contribution in [0.5, 0.6) is 0 Å². The number of aryl methyl sites for hydroxylation is 2. The first kappa shape index (κ1) is 23.5. The summed E-state index contributed by atoms with van der Waals surface area (Å²) < 4.78 is 2.14. The Balaban J connectivity index is 1.72. The topological polar surface area (TPSA) is 63.9 Å². The average molecular weight is 464 g/mol. The highest BCUT2D eigenvalue weighted by atomic mass is 32.2. The second kappa shape index (κ2) is 11.0. The summed E-state index contributed by atoms with van der Waals surface area (Å²) >= 11 is 1.49. The molecule has 1 aromatic carbocycles. The number of aromatic nitrogens is 4. The van der Waals surface area contributed by atoms with E-state index in [1.54, 1.807) is 6.20 Å². The summed E-state index contributed by atoms with van der Waals surface area (Å²) in [4.78, 5) is 19.5. The zero-order valence-corrected chi connectivity index (χ0v) is 20.6. The van der Waals surface area contributed by atoms with Gasteiger partial charge < -0.3 is 4.90 Å². The average Bonchev–Trinajstić information content (AvgIpc) is 3.30. The van der Waals surface area contributed by atoms with E-state index >= 15 is 0 Å². The molecule has 7 heteroatoms. The van der Waals surface area contributed by atoms with Gasteiger partial charge in [-0.3, -0.25) is 14.3 Å². The molecule has 0 aliphatic carbocycles. The number of rotatable bonds is 8. The summed E-state index contributed by atoms with van der Waals surface area (Å²) in [6, 6.07) is 10.7. The fourth-order valence-electron chi connectivity index (χ4n) is 4.71. The first-order valence-electron chi connectivity index (χ1n) is 12.1. The van der Waals surface area contributed by atoms with Crippen molar-refractivity contribution in [2.45, 2.75) is 70.5 Å². The van der Waals surface area contributed by atoms with E-state index in [0.29, 0.717) is 11.8 Å². The SMILES string of the molecule is CCc1cccc(CC)c1-n1c(SCC(=O)N2CCCCC2CC)nnc1-c1cccnc1. The van der Waals surface area contributed by atoms with Gasteiger partial charge in [-0.25, -0.2) is 0 Å². The minimum Gasteiger partial charge on any atom is -0.339 e. The van der Waals surface area contributed by atoms with Crippen molar-refractivity contribution >= 4 is 17.7 Å². The van der Waals surface area contributed by atoms with Crippen molar-refractivity contribution in [2.75, 3.05) is 12.3 Å². The number of hydrogen-bond donors (Lipinski definition) is 0. The maximum absolute atomic E-state index is 13.1. The van der Waals surface area contributed by atoms with Gasteiger partial charge in [0.05, 0.1) is 11.4 Å². The molecule has 3 aromatic rings. The third-order valence-corrected chi connectivity index (χ3v) is 7.40. The third-order valence-electron chi connectivity index (χ3n) is 6.49. The lowest BCUT2D eigenvalue weighted by atomic mass is 10.0. The maximum atomic E-state index is 13.1. The van der Waals surface area contributed by atoms with E-state index in [0.717, 1.165) is 60.9 Å². The number of para-hydroxylation sites is 1. The number of amides is 1. The van der Waals surface area contributed by atoms with Crippen molar-refractivity contribution in [1.29, 1.82) is 0 Å². The Bertz CT molecular complexity index is 1060. The number of likely N-dealkylation sites (tertiary alicyclic amines) is 1. The van der Waals surface area contributed by atoms with Crippen LogP contribution < -0.4 is 0 Å². The molecule has 0 bridgehead atoms. The quantitative estimate of drug-likeness (QED) is 0.422. The van der Waals surface area contributed by atoms with Crippen LogP contribution in [0.3, 0.4) is 0 Å². The summed E-state index contributed by atoms with van der Waals surface area (Å²) in [7, 11) is 0. The Morgan fingerprint density at radius 2 is 1.85 bits per heavy atom. The first-order valence-corrected chi connectivity index (χ1v) is 13.1. The third kappa shape index (κ3) is 4.98. The predicted molar refractivity (Wildman–Crippen MR) is 134 cm³/mol. The van der Waals surface area contributed by atoms with Crippen molar-refractivity contribution < 1.29 is 4.79 Å². The molecule has 3 heterocycles. The molecule has 1 aliphatic rings. The van der Waals surface area contributed by atoms with E-state index in [9.17, 15) is 4.79 Å². The van der Waals surface area contributed by atoms with E-state index in [-0.39, 0.29) is 5.91 Å². The highest BCUT2D eigenvalue weighted by molar-refractivity contribution is 7.99. The summed E-state index contributed by atoms with van der Waals surface area (Å²) in [5, 5.41) is 9.87. The van der Waals surface area contributed by atoms with Gasteiger partial charge in [-0.15, -0.1) is 10.2 Å². The minimum atomic E-state index is 0.198. The van der Waals surface area contributed by atoms with E-state index in [4.69, 9.17) is 0 Å². The molecule has 1 unspecified atom stereocenters. The van der Waals surface area contributed by atoms with Crippen molar-refractivity contribution in [3.8, 4) is 17.1 Å². The Morgan fingerprint density at radius 3 is 2.52 bits per heavy atom. The summed E-state index contributed by atoms with van der Waals surface area (Å²) in [5.74, 6) is 1.33. The molecule has 0 radical (unpaired) electrons. The fraction of sp³-hybridized carbons (Fsp3) is 0.462. The first-order chi connectivity index (χ1) is 16.2. The number of carbonyl (C=O) groups excluding carboxylic acids is 1. The van der Waals surface area contributed by atoms with Gasteiger partial charge in [-0.2, -0.15) is 0 Å². The van der Waals surface area contributed by atoms with Gasteiger partial charge in [0.15, 0.2) is 11.0 Å². The molecule has 1 fully saturated rings. The lowest BCUT2D eigenvalue weighted by Crippen LogP contribution is -2.44. The normalized spacial score (nSPS) is 16.2. The molecule has 0 saturated carbocycles. The molecule has 1 saturated heterocycles. The molecule has 4 rings (SSSR count). The zero-order chi connectivity index (χ0) is 23.2. The van der Waals surface area contributed by atoms with E-state index < -0.39 is 0 Å². The Kier molecular flexibility index (Phi) is 7.81. The zero-order valence-electron chi connectivity index (χ0n) is 19.8. The second-order valence-electron chi connectivity index (χ2n) is 8.45. The number of carbonyl (C=O) groups is 1. The Labute approximate surface area is 200 Å². The van der Waals surface area contributed by atoms with Crippen LogP contribution in [0, 0.1) is 0 Å². The lowest BCUT2D eigenvalue weighted by molar-refractivity contribution is -0.132.